The van der Waals surface area contributed by atoms with Gasteiger partial charge in [0, 0.05) is 18.7 Å². The van der Waals surface area contributed by atoms with E-state index in [2.05, 4.69) is 87.3 Å². The van der Waals surface area contributed by atoms with Crippen LogP contribution in [0.15, 0.2) is 96.4 Å². The number of imidazole rings is 2. The monoisotopic (exact) mass is 838 g/mol. The summed E-state index contributed by atoms with van der Waals surface area (Å²) in [6.45, 7) is 10.5. The molecule has 4 atom stereocenters. The summed E-state index contributed by atoms with van der Waals surface area (Å²) in [5, 5.41) is 7.60. The molecule has 0 bridgehead atoms. The van der Waals surface area contributed by atoms with Gasteiger partial charge in [-0.25, -0.2) is 19.6 Å². The maximum atomic E-state index is 13.9. The van der Waals surface area contributed by atoms with Gasteiger partial charge in [-0.3, -0.25) is 9.59 Å². The minimum absolute atomic E-state index is 0.130. The molecule has 1 fully saturated rings. The third-order valence-corrected chi connectivity index (χ3v) is 12.1. The van der Waals surface area contributed by atoms with E-state index in [1.165, 1.54) is 19.8 Å². The van der Waals surface area contributed by atoms with E-state index in [1.54, 1.807) is 11.1 Å². The van der Waals surface area contributed by atoms with E-state index in [9.17, 15) is 19.2 Å². The van der Waals surface area contributed by atoms with Crippen LogP contribution in [0.4, 0.5) is 9.59 Å². The van der Waals surface area contributed by atoms with Crippen molar-refractivity contribution in [2.75, 3.05) is 27.3 Å². The van der Waals surface area contributed by atoms with Crippen LogP contribution in [0.25, 0.3) is 44.4 Å². The largest absolute Gasteiger partial charge is 0.453 e. The average Bonchev–Trinajstić information content (AvgIpc) is 3.64. The second-order valence-electron chi connectivity index (χ2n) is 17.3. The summed E-state index contributed by atoms with van der Waals surface area (Å²) in [6.07, 6.45) is 8.78. The van der Waals surface area contributed by atoms with Crippen molar-refractivity contribution in [1.82, 2.24) is 40.4 Å². The van der Waals surface area contributed by atoms with Gasteiger partial charge in [0.05, 0.1) is 38.0 Å². The number of ether oxygens (including phenoxy) is 2. The van der Waals surface area contributed by atoms with E-state index in [-0.39, 0.29) is 29.7 Å². The van der Waals surface area contributed by atoms with Gasteiger partial charge in [-0.15, -0.1) is 0 Å². The molecule has 0 unspecified atom stereocenters. The van der Waals surface area contributed by atoms with Gasteiger partial charge in [-0.1, -0.05) is 94.0 Å². The molecule has 14 heteroatoms. The van der Waals surface area contributed by atoms with Crippen LogP contribution in [0.1, 0.15) is 71.2 Å². The Morgan fingerprint density at radius 3 is 1.65 bits per heavy atom. The fourth-order valence-electron chi connectivity index (χ4n) is 8.48. The fourth-order valence-corrected chi connectivity index (χ4v) is 8.48. The molecule has 3 aromatic carbocycles. The fraction of sp³-hybridized carbons (Fsp3) is 0.375. The lowest BCUT2D eigenvalue weighted by atomic mass is 9.98. The number of aromatic nitrogens is 4. The molecule has 2 aromatic heterocycles. The highest BCUT2D eigenvalue weighted by Crippen LogP contribution is 2.43. The van der Waals surface area contributed by atoms with Crippen molar-refractivity contribution in [3.8, 4) is 33.6 Å². The number of H-pyrrole nitrogens is 2. The molecular weight excluding hydrogens is 785 g/mol. The van der Waals surface area contributed by atoms with E-state index in [1.807, 2.05) is 51.8 Å². The molecule has 1 saturated carbocycles. The highest BCUT2D eigenvalue weighted by atomic mass is 16.5. The summed E-state index contributed by atoms with van der Waals surface area (Å²) >= 11 is 0. The first-order valence-electron chi connectivity index (χ1n) is 21.2. The van der Waals surface area contributed by atoms with E-state index in [4.69, 9.17) is 19.4 Å². The number of methoxy groups -OCH3 is 2. The van der Waals surface area contributed by atoms with Gasteiger partial charge < -0.3 is 39.9 Å². The third-order valence-electron chi connectivity index (χ3n) is 12.1. The zero-order valence-corrected chi connectivity index (χ0v) is 36.2. The van der Waals surface area contributed by atoms with Crippen molar-refractivity contribution in [2.24, 2.45) is 17.8 Å². The summed E-state index contributed by atoms with van der Waals surface area (Å²) < 4.78 is 9.60. The molecule has 4 N–H and O–H groups in total. The average molecular weight is 839 g/mol. The number of nitrogens with one attached hydrogen (secondary N) is 4. The summed E-state index contributed by atoms with van der Waals surface area (Å²) in [7, 11) is 2.58. The van der Waals surface area contributed by atoms with Crippen molar-refractivity contribution >= 4 is 34.8 Å². The molecule has 0 spiro atoms. The van der Waals surface area contributed by atoms with Crippen molar-refractivity contribution in [1.29, 1.82) is 0 Å². The Morgan fingerprint density at radius 2 is 1.11 bits per heavy atom. The number of hydrogen-bond donors (Lipinski definition) is 4. The molecular formula is C48H54N8O6. The lowest BCUT2D eigenvalue weighted by Crippen LogP contribution is -2.51. The van der Waals surface area contributed by atoms with Gasteiger partial charge >= 0.3 is 12.2 Å². The number of hydrogen-bond acceptors (Lipinski definition) is 8. The first-order chi connectivity index (χ1) is 29.8. The Hall–Kier alpha value is -6.70. The lowest BCUT2D eigenvalue weighted by molar-refractivity contribution is -0.135. The summed E-state index contributed by atoms with van der Waals surface area (Å²) in [5.41, 5.74) is 8.07. The zero-order valence-electron chi connectivity index (χ0n) is 36.2. The molecule has 4 amide bonds. The Morgan fingerprint density at radius 1 is 0.645 bits per heavy atom. The maximum absolute atomic E-state index is 13.9. The molecule has 2 aliphatic heterocycles. The molecule has 1 aliphatic carbocycles. The highest BCUT2D eigenvalue weighted by Gasteiger charge is 2.41. The van der Waals surface area contributed by atoms with Crippen molar-refractivity contribution in [3.63, 3.8) is 0 Å². The first kappa shape index (κ1) is 42.0. The smallest absolute Gasteiger partial charge is 0.407 e. The number of amides is 4. The quantitative estimate of drug-likeness (QED) is 0.0912. The topological polar surface area (TPSA) is 175 Å². The Balaban J connectivity index is 0.966. The van der Waals surface area contributed by atoms with Gasteiger partial charge in [-0.2, -0.15) is 0 Å². The molecule has 0 radical (unpaired) electrons. The third kappa shape index (κ3) is 8.59. The van der Waals surface area contributed by atoms with Gasteiger partial charge in [0.1, 0.15) is 35.8 Å². The number of fused-ring (bicyclic) bond motifs is 1. The SMILES string of the molecule is COC(=O)N[C@H](C(=O)N1CC(C)=C[C@H]1c1ncc(-c2ccc3cc(-c4ccc(-c5cnc([C@@H]6C=C(C7CC7)CN6C(=O)[C@@H](NC(=O)OC)C(C)C)[nH]5)cc4)ccc3c2)[nH]1)C(C)C. The predicted molar refractivity (Wildman–Crippen MR) is 236 cm³/mol. The van der Waals surface area contributed by atoms with E-state index in [0.717, 1.165) is 62.8 Å². The zero-order chi connectivity index (χ0) is 43.8. The lowest BCUT2D eigenvalue weighted by Gasteiger charge is -2.30. The number of carbonyl (C=O) groups is 4. The Labute approximate surface area is 361 Å². The van der Waals surface area contributed by atoms with Crippen molar-refractivity contribution in [2.45, 2.75) is 71.6 Å². The molecule has 5 aromatic rings. The minimum atomic E-state index is -0.735. The molecule has 3 aliphatic rings. The molecule has 322 valence electrons. The second-order valence-corrected chi connectivity index (χ2v) is 17.3. The highest BCUT2D eigenvalue weighted by molar-refractivity contribution is 5.91. The maximum Gasteiger partial charge on any atom is 0.407 e. The summed E-state index contributed by atoms with van der Waals surface area (Å²) in [5.74, 6) is 1.20. The van der Waals surface area contributed by atoms with Crippen LogP contribution >= 0.6 is 0 Å². The van der Waals surface area contributed by atoms with Crippen LogP contribution in [0.3, 0.4) is 0 Å². The van der Waals surface area contributed by atoms with Crippen LogP contribution in [-0.2, 0) is 19.1 Å². The molecule has 14 nitrogen and oxygen atoms in total. The van der Waals surface area contributed by atoms with Crippen LogP contribution < -0.4 is 10.6 Å². The number of benzene rings is 3. The van der Waals surface area contributed by atoms with Crippen LogP contribution in [0, 0.1) is 17.8 Å². The Bertz CT molecular complexity index is 2570. The van der Waals surface area contributed by atoms with Crippen LogP contribution in [0.2, 0.25) is 0 Å². The van der Waals surface area contributed by atoms with Gasteiger partial charge in [0.25, 0.3) is 0 Å². The van der Waals surface area contributed by atoms with Gasteiger partial charge in [0.15, 0.2) is 0 Å². The van der Waals surface area contributed by atoms with Crippen molar-refractivity contribution < 1.29 is 28.7 Å². The second kappa shape index (κ2) is 17.3. The van der Waals surface area contributed by atoms with Gasteiger partial charge in [0.2, 0.25) is 11.8 Å². The van der Waals surface area contributed by atoms with Crippen LogP contribution in [0.5, 0.6) is 0 Å². The van der Waals surface area contributed by atoms with E-state index >= 15 is 0 Å². The molecule has 0 saturated heterocycles. The molecule has 62 heavy (non-hydrogen) atoms. The van der Waals surface area contributed by atoms with Gasteiger partial charge in [-0.05, 0) is 82.7 Å². The number of aromatic amines is 2. The predicted octanol–water partition coefficient (Wildman–Crippen LogP) is 8.10. The summed E-state index contributed by atoms with van der Waals surface area (Å²) in [6, 6.07) is 18.8. The van der Waals surface area contributed by atoms with E-state index < -0.39 is 30.3 Å². The minimum Gasteiger partial charge on any atom is -0.453 e. The van der Waals surface area contributed by atoms with Crippen molar-refractivity contribution in [3.05, 3.63) is 108 Å². The number of alkyl carbamates (subject to hydrolysis) is 2. The molecule has 8 rings (SSSR count). The number of rotatable bonds is 12. The first-order valence-corrected chi connectivity index (χ1v) is 21.2. The number of carbonyl (C=O) groups excluding carboxylic acids is 4. The summed E-state index contributed by atoms with van der Waals surface area (Å²) in [4.78, 5) is 71.8. The van der Waals surface area contributed by atoms with Crippen LogP contribution in [-0.4, -0.2) is 93.1 Å². The van der Waals surface area contributed by atoms with E-state index in [0.29, 0.717) is 30.7 Å². The Kier molecular flexibility index (Phi) is 11.8. The number of nitrogens with zero attached hydrogens (tertiary/aromatic N) is 4. The standard InChI is InChI=1S/C48H54N8O6/c1-26(2)41(53-47(59)61-6)45(57)55-24-28(5)18-39(55)43-50-23-38(52-43)35-17-16-33-19-32(14-15-34(33)20-35)29-10-12-31(13-11-29)37-22-49-44(51-37)40-21-36(30-8-9-30)25-56(40)46(58)42(27(3)4)54-48(60)62-7/h10-23,26-27,30,39-42H,8-9,24-25H2,1-7H3,(H,49,51)(H,50,52)(H,53,59)(H,54,60)/t39-,40-,41-,42-/m0/s1. The molecule has 4 heterocycles. The normalized spacial score (nSPS) is 18.5.